The second-order valence-electron chi connectivity index (χ2n) is 2.66. The highest BCUT2D eigenvalue weighted by Gasteiger charge is 2.77. The number of alkyl halides is 6. The second kappa shape index (κ2) is 2.80. The van der Waals surface area contributed by atoms with Crippen LogP contribution in [-0.4, -0.2) is 24.0 Å². The lowest BCUT2D eigenvalue weighted by molar-refractivity contribution is -0.370. The smallest absolute Gasteiger partial charge is 0.446 e. The van der Waals surface area contributed by atoms with Gasteiger partial charge in [-0.05, 0) is 0 Å². The van der Waals surface area contributed by atoms with Crippen LogP contribution in [0.5, 0.6) is 0 Å². The quantitative estimate of drug-likeness (QED) is 0.510. The van der Waals surface area contributed by atoms with E-state index in [4.69, 9.17) is 0 Å². The van der Waals surface area contributed by atoms with Crippen LogP contribution in [0, 0.1) is 0 Å². The van der Waals surface area contributed by atoms with Gasteiger partial charge in [0.25, 0.3) is 5.91 Å². The lowest BCUT2D eigenvalue weighted by Crippen LogP contribution is -2.64. The predicted octanol–water partition coefficient (Wildman–Crippen LogP) is 1.47. The van der Waals surface area contributed by atoms with E-state index >= 15 is 0 Å². The number of halogens is 6. The highest BCUT2D eigenvalue weighted by Crippen LogP contribution is 2.47. The van der Waals surface area contributed by atoms with E-state index in [0.717, 1.165) is 0 Å². The van der Waals surface area contributed by atoms with E-state index in [2.05, 4.69) is 11.3 Å². The number of carbonyl (C=O) groups excluding carboxylic acids is 1. The monoisotopic (exact) mass is 235 g/mol. The van der Waals surface area contributed by atoms with Gasteiger partial charge in [0.05, 0.1) is 0 Å². The van der Waals surface area contributed by atoms with Crippen LogP contribution in [0.1, 0.15) is 0 Å². The maximum Gasteiger partial charge on any atom is 0.458 e. The Kier molecular flexibility index (Phi) is 2.17. The van der Waals surface area contributed by atoms with Crippen molar-refractivity contribution in [3.8, 4) is 0 Å². The second-order valence-corrected chi connectivity index (χ2v) is 2.66. The highest BCUT2D eigenvalue weighted by molar-refractivity contribution is 5.93. The molecule has 0 atom stereocenters. The van der Waals surface area contributed by atoms with Crippen LogP contribution in [-0.2, 0) is 9.53 Å². The fraction of sp³-hybridized carbons (Fsp3) is 0.500. The highest BCUT2D eigenvalue weighted by atomic mass is 19.4. The van der Waals surface area contributed by atoms with Gasteiger partial charge in [0.15, 0.2) is 5.76 Å². The summed E-state index contributed by atoms with van der Waals surface area (Å²) >= 11 is 0. The number of nitrogens with one attached hydrogen (secondary N) is 1. The van der Waals surface area contributed by atoms with E-state index in [1.54, 1.807) is 0 Å². The maximum atomic E-state index is 12.2. The number of hydrogen-bond acceptors (Lipinski definition) is 2. The van der Waals surface area contributed by atoms with E-state index in [0.29, 0.717) is 5.32 Å². The molecule has 1 fully saturated rings. The topological polar surface area (TPSA) is 38.3 Å². The van der Waals surface area contributed by atoms with Crippen molar-refractivity contribution in [2.75, 3.05) is 0 Å². The molecule has 0 aliphatic carbocycles. The normalized spacial score (nSPS) is 21.2. The molecule has 1 rings (SSSR count). The molecule has 1 heterocycles. The van der Waals surface area contributed by atoms with Crippen molar-refractivity contribution in [3.05, 3.63) is 12.3 Å². The first-order valence-corrected chi connectivity index (χ1v) is 3.35. The molecule has 0 unspecified atom stereocenters. The minimum Gasteiger partial charge on any atom is -0.446 e. The van der Waals surface area contributed by atoms with Gasteiger partial charge >= 0.3 is 18.1 Å². The Labute approximate surface area is 78.7 Å². The van der Waals surface area contributed by atoms with Gasteiger partial charge in [0, 0.05) is 0 Å². The molecule has 1 aliphatic rings. The zero-order valence-electron chi connectivity index (χ0n) is 6.79. The molecule has 0 saturated carbocycles. The molecular formula is C6H3F6NO2. The molecule has 0 aromatic heterocycles. The maximum absolute atomic E-state index is 12.2. The summed E-state index contributed by atoms with van der Waals surface area (Å²) in [6.45, 7) is 2.62. The van der Waals surface area contributed by atoms with Crippen molar-refractivity contribution in [2.24, 2.45) is 0 Å². The molecule has 1 amide bonds. The Hall–Kier alpha value is -1.41. The van der Waals surface area contributed by atoms with Crippen molar-refractivity contribution < 1.29 is 35.9 Å². The molecule has 3 nitrogen and oxygen atoms in total. The molecule has 0 spiro atoms. The fourth-order valence-corrected chi connectivity index (χ4v) is 0.904. The Morgan fingerprint density at radius 1 is 1.13 bits per heavy atom. The zero-order chi connectivity index (χ0) is 12.1. The summed E-state index contributed by atoms with van der Waals surface area (Å²) < 4.78 is 76.4. The lowest BCUT2D eigenvalue weighted by Gasteiger charge is -2.31. The molecular weight excluding hydrogens is 232 g/mol. The lowest BCUT2D eigenvalue weighted by atomic mass is 10.2. The molecule has 9 heteroatoms. The van der Waals surface area contributed by atoms with E-state index in [9.17, 15) is 31.1 Å². The third kappa shape index (κ3) is 1.51. The molecule has 86 valence electrons. The number of hydrogen-bond donors (Lipinski definition) is 1. The first-order chi connectivity index (χ1) is 6.51. The van der Waals surface area contributed by atoms with Gasteiger partial charge < -0.3 is 4.74 Å². The van der Waals surface area contributed by atoms with Crippen LogP contribution in [0.4, 0.5) is 26.3 Å². The van der Waals surface area contributed by atoms with Crippen LogP contribution < -0.4 is 5.32 Å². The van der Waals surface area contributed by atoms with Crippen LogP contribution >= 0.6 is 0 Å². The summed E-state index contributed by atoms with van der Waals surface area (Å²) in [6.07, 6.45) is -11.6. The van der Waals surface area contributed by atoms with E-state index < -0.39 is 29.7 Å². The van der Waals surface area contributed by atoms with Crippen LogP contribution in [0.2, 0.25) is 0 Å². The van der Waals surface area contributed by atoms with Crippen molar-refractivity contribution in [1.29, 1.82) is 0 Å². The van der Waals surface area contributed by atoms with E-state index in [-0.39, 0.29) is 0 Å². The van der Waals surface area contributed by atoms with Crippen molar-refractivity contribution in [3.63, 3.8) is 0 Å². The standard InChI is InChI=1S/C6H3F6NO2/c1-2-3(14)13-4(15-2,5(7,8)9)6(10,11)12/h1H2,(H,13,14). The molecule has 15 heavy (non-hydrogen) atoms. The van der Waals surface area contributed by atoms with Gasteiger partial charge in [-0.2, -0.15) is 26.3 Å². The first kappa shape index (κ1) is 11.7. The minimum absolute atomic E-state index is 0.686. The largest absolute Gasteiger partial charge is 0.458 e. The summed E-state index contributed by atoms with van der Waals surface area (Å²) in [6, 6.07) is 0. The number of rotatable bonds is 0. The summed E-state index contributed by atoms with van der Waals surface area (Å²) in [7, 11) is 0. The molecule has 1 saturated heterocycles. The summed E-state index contributed by atoms with van der Waals surface area (Å²) in [4.78, 5) is 10.5. The predicted molar refractivity (Wildman–Crippen MR) is 33.2 cm³/mol. The number of carbonyl (C=O) groups is 1. The Morgan fingerprint density at radius 2 is 1.53 bits per heavy atom. The molecule has 1 N–H and O–H groups in total. The van der Waals surface area contributed by atoms with E-state index in [1.165, 1.54) is 0 Å². The molecule has 0 aromatic rings. The van der Waals surface area contributed by atoms with Gasteiger partial charge in [0.2, 0.25) is 0 Å². The Balaban J connectivity index is 3.24. The number of amides is 1. The first-order valence-electron chi connectivity index (χ1n) is 3.35. The van der Waals surface area contributed by atoms with Crippen LogP contribution in [0.25, 0.3) is 0 Å². The third-order valence-electron chi connectivity index (χ3n) is 1.62. The van der Waals surface area contributed by atoms with Gasteiger partial charge in [-0.15, -0.1) is 0 Å². The molecule has 1 aliphatic heterocycles. The minimum atomic E-state index is -5.82. The third-order valence-corrected chi connectivity index (χ3v) is 1.62. The average molecular weight is 235 g/mol. The van der Waals surface area contributed by atoms with Gasteiger partial charge in [-0.1, -0.05) is 6.58 Å². The van der Waals surface area contributed by atoms with Crippen molar-refractivity contribution >= 4 is 5.91 Å². The summed E-state index contributed by atoms with van der Waals surface area (Å²) in [5, 5.41) is 0.686. The van der Waals surface area contributed by atoms with Crippen molar-refractivity contribution in [1.82, 2.24) is 5.32 Å². The molecule has 0 bridgehead atoms. The average Bonchev–Trinajstić information content (AvgIpc) is 2.26. The SMILES string of the molecule is C=C1OC(C(F)(F)F)(C(F)(F)F)NC1=O. The van der Waals surface area contributed by atoms with Crippen LogP contribution in [0.3, 0.4) is 0 Å². The summed E-state index contributed by atoms with van der Waals surface area (Å²) in [5.41, 5.74) is -4.69. The Morgan fingerprint density at radius 3 is 1.67 bits per heavy atom. The van der Waals surface area contributed by atoms with Gasteiger partial charge in [-0.25, -0.2) is 0 Å². The van der Waals surface area contributed by atoms with Crippen molar-refractivity contribution in [2.45, 2.75) is 18.1 Å². The number of ether oxygens (including phenoxy) is 1. The van der Waals surface area contributed by atoms with Crippen LogP contribution in [0.15, 0.2) is 12.3 Å². The van der Waals surface area contributed by atoms with Gasteiger partial charge in [-0.3, -0.25) is 10.1 Å². The molecule has 0 aromatic carbocycles. The fourth-order valence-electron chi connectivity index (χ4n) is 0.904. The summed E-state index contributed by atoms with van der Waals surface area (Å²) in [5.74, 6) is -2.88. The molecule has 0 radical (unpaired) electrons. The Bertz CT molecular complexity index is 285. The van der Waals surface area contributed by atoms with E-state index in [1.807, 2.05) is 0 Å². The zero-order valence-corrected chi connectivity index (χ0v) is 6.79. The van der Waals surface area contributed by atoms with Gasteiger partial charge in [0.1, 0.15) is 0 Å².